The lowest BCUT2D eigenvalue weighted by atomic mass is 10.1. The van der Waals surface area contributed by atoms with Gasteiger partial charge in [0.2, 0.25) is 0 Å². The Morgan fingerprint density at radius 1 is 1.47 bits per heavy atom. The molecule has 1 fully saturated rings. The van der Waals surface area contributed by atoms with Crippen LogP contribution in [-0.2, 0) is 6.54 Å². The lowest BCUT2D eigenvalue weighted by molar-refractivity contribution is 0.256. The third-order valence-electron chi connectivity index (χ3n) is 3.40. The fourth-order valence-electron chi connectivity index (χ4n) is 2.48. The molecule has 0 spiro atoms. The van der Waals surface area contributed by atoms with Crippen molar-refractivity contribution in [1.82, 2.24) is 4.90 Å². The Kier molecular flexibility index (Phi) is 5.74. The molecule has 1 aromatic rings. The normalized spacial score (nSPS) is 24.6. The molecule has 96 valence electrons. The zero-order valence-electron chi connectivity index (χ0n) is 10.1. The Labute approximate surface area is 115 Å². The van der Waals surface area contributed by atoms with E-state index < -0.39 is 0 Å². The van der Waals surface area contributed by atoms with Crippen molar-refractivity contribution in [3.05, 3.63) is 34.9 Å². The van der Waals surface area contributed by atoms with Crippen LogP contribution in [0, 0.1) is 5.92 Å². The van der Waals surface area contributed by atoms with Gasteiger partial charge in [0.1, 0.15) is 0 Å². The molecule has 0 aromatic heterocycles. The van der Waals surface area contributed by atoms with E-state index in [-0.39, 0.29) is 12.4 Å². The van der Waals surface area contributed by atoms with E-state index in [0.29, 0.717) is 12.0 Å². The minimum Gasteiger partial charge on any atom is -0.330 e. The van der Waals surface area contributed by atoms with Crippen LogP contribution in [0.5, 0.6) is 0 Å². The van der Waals surface area contributed by atoms with Crippen LogP contribution < -0.4 is 5.73 Å². The molecular weight excluding hydrogens is 255 g/mol. The summed E-state index contributed by atoms with van der Waals surface area (Å²) >= 11 is 5.98. The SMILES string of the molecule is CC1CC(CN)CN1Cc1cccc(Cl)c1.Cl. The van der Waals surface area contributed by atoms with Gasteiger partial charge in [0.25, 0.3) is 0 Å². The first-order chi connectivity index (χ1) is 7.69. The van der Waals surface area contributed by atoms with E-state index >= 15 is 0 Å². The zero-order valence-corrected chi connectivity index (χ0v) is 11.7. The molecule has 4 heteroatoms. The number of likely N-dealkylation sites (tertiary alicyclic amines) is 1. The van der Waals surface area contributed by atoms with Crippen LogP contribution in [0.4, 0.5) is 0 Å². The second-order valence-corrected chi connectivity index (χ2v) is 5.18. The van der Waals surface area contributed by atoms with Crippen molar-refractivity contribution in [1.29, 1.82) is 0 Å². The van der Waals surface area contributed by atoms with Gasteiger partial charge in [-0.1, -0.05) is 23.7 Å². The molecule has 0 aliphatic carbocycles. The first-order valence-corrected chi connectivity index (χ1v) is 6.25. The van der Waals surface area contributed by atoms with E-state index in [1.54, 1.807) is 0 Å². The van der Waals surface area contributed by atoms with Crippen molar-refractivity contribution in [3.8, 4) is 0 Å². The summed E-state index contributed by atoms with van der Waals surface area (Å²) in [7, 11) is 0. The molecule has 1 aromatic carbocycles. The molecule has 0 bridgehead atoms. The van der Waals surface area contributed by atoms with Crippen LogP contribution in [0.25, 0.3) is 0 Å². The number of rotatable bonds is 3. The van der Waals surface area contributed by atoms with Gasteiger partial charge in [0.15, 0.2) is 0 Å². The summed E-state index contributed by atoms with van der Waals surface area (Å²) in [5.74, 6) is 0.661. The summed E-state index contributed by atoms with van der Waals surface area (Å²) in [6, 6.07) is 8.74. The second-order valence-electron chi connectivity index (χ2n) is 4.75. The monoisotopic (exact) mass is 274 g/mol. The molecule has 2 unspecified atom stereocenters. The average Bonchev–Trinajstić information content (AvgIpc) is 2.60. The number of halogens is 2. The zero-order chi connectivity index (χ0) is 11.5. The van der Waals surface area contributed by atoms with Gasteiger partial charge in [-0.25, -0.2) is 0 Å². The van der Waals surface area contributed by atoms with Gasteiger partial charge in [0.05, 0.1) is 0 Å². The molecule has 2 rings (SSSR count). The minimum absolute atomic E-state index is 0. The van der Waals surface area contributed by atoms with Crippen LogP contribution >= 0.6 is 24.0 Å². The van der Waals surface area contributed by atoms with Crippen LogP contribution in [0.2, 0.25) is 5.02 Å². The lowest BCUT2D eigenvalue weighted by Gasteiger charge is -2.21. The minimum atomic E-state index is 0. The standard InChI is InChI=1S/C13H19ClN2.ClH/c1-10-5-12(7-15)9-16(10)8-11-3-2-4-13(14)6-11;/h2-4,6,10,12H,5,7-9,15H2,1H3;1H. The first kappa shape index (κ1) is 14.8. The summed E-state index contributed by atoms with van der Waals surface area (Å²) in [6.45, 7) is 5.18. The van der Waals surface area contributed by atoms with Crippen molar-refractivity contribution in [2.75, 3.05) is 13.1 Å². The smallest absolute Gasteiger partial charge is 0.0409 e. The molecular formula is C13H20Cl2N2. The highest BCUT2D eigenvalue weighted by Gasteiger charge is 2.27. The molecule has 1 aliphatic heterocycles. The molecule has 0 radical (unpaired) electrons. The molecule has 2 N–H and O–H groups in total. The average molecular weight is 275 g/mol. The number of benzene rings is 1. The number of hydrogen-bond donors (Lipinski definition) is 1. The van der Waals surface area contributed by atoms with Crippen LogP contribution in [0.15, 0.2) is 24.3 Å². The fourth-order valence-corrected chi connectivity index (χ4v) is 2.69. The number of nitrogens with zero attached hydrogens (tertiary/aromatic N) is 1. The highest BCUT2D eigenvalue weighted by atomic mass is 35.5. The van der Waals surface area contributed by atoms with Gasteiger partial charge in [-0.3, -0.25) is 4.90 Å². The molecule has 17 heavy (non-hydrogen) atoms. The van der Waals surface area contributed by atoms with Crippen molar-refractivity contribution >= 4 is 24.0 Å². The van der Waals surface area contributed by atoms with Gasteiger partial charge in [-0.15, -0.1) is 12.4 Å². The topological polar surface area (TPSA) is 29.3 Å². The summed E-state index contributed by atoms with van der Waals surface area (Å²) in [5.41, 5.74) is 7.02. The van der Waals surface area contributed by atoms with Crippen molar-refractivity contribution in [2.45, 2.75) is 25.9 Å². The van der Waals surface area contributed by atoms with Gasteiger partial charge in [-0.2, -0.15) is 0 Å². The van der Waals surface area contributed by atoms with Gasteiger partial charge >= 0.3 is 0 Å². The molecule has 0 saturated carbocycles. The largest absolute Gasteiger partial charge is 0.330 e. The Bertz CT molecular complexity index is 357. The summed E-state index contributed by atoms with van der Waals surface area (Å²) < 4.78 is 0. The highest BCUT2D eigenvalue weighted by Crippen LogP contribution is 2.24. The lowest BCUT2D eigenvalue weighted by Crippen LogP contribution is -2.27. The number of nitrogens with two attached hydrogens (primary N) is 1. The first-order valence-electron chi connectivity index (χ1n) is 5.87. The highest BCUT2D eigenvalue weighted by molar-refractivity contribution is 6.30. The van der Waals surface area contributed by atoms with Crippen LogP contribution in [0.3, 0.4) is 0 Å². The van der Waals surface area contributed by atoms with Crippen LogP contribution in [0.1, 0.15) is 18.9 Å². The Hall–Kier alpha value is -0.280. The maximum atomic E-state index is 5.98. The Balaban J connectivity index is 0.00000144. The van der Waals surface area contributed by atoms with Gasteiger partial charge < -0.3 is 5.73 Å². The molecule has 1 aliphatic rings. The van der Waals surface area contributed by atoms with Crippen molar-refractivity contribution in [3.63, 3.8) is 0 Å². The summed E-state index contributed by atoms with van der Waals surface area (Å²) in [5, 5.41) is 0.819. The van der Waals surface area contributed by atoms with E-state index in [4.69, 9.17) is 17.3 Å². The predicted molar refractivity (Wildman–Crippen MR) is 75.7 cm³/mol. The predicted octanol–water partition coefficient (Wildman–Crippen LogP) is 2.93. The maximum Gasteiger partial charge on any atom is 0.0409 e. The van der Waals surface area contributed by atoms with E-state index in [1.807, 2.05) is 18.2 Å². The molecule has 1 heterocycles. The fraction of sp³-hybridized carbons (Fsp3) is 0.538. The number of hydrogen-bond acceptors (Lipinski definition) is 2. The molecule has 2 nitrogen and oxygen atoms in total. The molecule has 2 atom stereocenters. The van der Waals surface area contributed by atoms with E-state index in [0.717, 1.165) is 24.7 Å². The quantitative estimate of drug-likeness (QED) is 0.919. The van der Waals surface area contributed by atoms with Crippen LogP contribution in [-0.4, -0.2) is 24.0 Å². The van der Waals surface area contributed by atoms with E-state index in [9.17, 15) is 0 Å². The van der Waals surface area contributed by atoms with E-state index in [2.05, 4.69) is 17.9 Å². The second kappa shape index (κ2) is 6.60. The summed E-state index contributed by atoms with van der Waals surface area (Å²) in [4.78, 5) is 2.49. The van der Waals surface area contributed by atoms with E-state index in [1.165, 1.54) is 12.0 Å². The van der Waals surface area contributed by atoms with Crippen molar-refractivity contribution in [2.24, 2.45) is 11.7 Å². The van der Waals surface area contributed by atoms with Gasteiger partial charge in [-0.05, 0) is 43.5 Å². The molecule has 0 amide bonds. The van der Waals surface area contributed by atoms with Crippen molar-refractivity contribution < 1.29 is 0 Å². The van der Waals surface area contributed by atoms with Gasteiger partial charge in [0, 0.05) is 24.2 Å². The third kappa shape index (κ3) is 3.85. The molecule has 1 saturated heterocycles. The third-order valence-corrected chi connectivity index (χ3v) is 3.63. The Morgan fingerprint density at radius 3 is 2.82 bits per heavy atom. The Morgan fingerprint density at radius 2 is 2.24 bits per heavy atom. The maximum absolute atomic E-state index is 5.98. The summed E-state index contributed by atoms with van der Waals surface area (Å²) in [6.07, 6.45) is 1.22.